The number of hydrogen-bond acceptors (Lipinski definition) is 9. The van der Waals surface area contributed by atoms with Gasteiger partial charge in [0.2, 0.25) is 0 Å². The van der Waals surface area contributed by atoms with Gasteiger partial charge in [-0.05, 0) is 57.5 Å². The Kier molecular flexibility index (Phi) is 8.74. The molecule has 1 fully saturated rings. The van der Waals surface area contributed by atoms with E-state index in [0.29, 0.717) is 28.7 Å². The molecule has 1 aliphatic heterocycles. The minimum Gasteiger partial charge on any atom is -0.379 e. The van der Waals surface area contributed by atoms with E-state index in [-0.39, 0.29) is 11.6 Å². The number of halogens is 1. The third-order valence-corrected chi connectivity index (χ3v) is 6.93. The van der Waals surface area contributed by atoms with Gasteiger partial charge in [0, 0.05) is 61.4 Å². The van der Waals surface area contributed by atoms with E-state index in [0.717, 1.165) is 56.3 Å². The SMILES string of the molecule is Cc1cc(Nc2cc(NC(=O)c3ccnc(C(C)(C)F)c3)ccc2C)n(-c2cc(NCCN3CCOCC3)ncn2)n1. The minimum atomic E-state index is -1.65. The first-order valence-corrected chi connectivity index (χ1v) is 13.9. The van der Waals surface area contributed by atoms with Crippen LogP contribution in [0.1, 0.15) is 41.2 Å². The average Bonchev–Trinajstić information content (AvgIpc) is 3.35. The Morgan fingerprint density at radius 3 is 2.64 bits per heavy atom. The predicted molar refractivity (Wildman–Crippen MR) is 160 cm³/mol. The van der Waals surface area contributed by atoms with Gasteiger partial charge in [-0.15, -0.1) is 0 Å². The molecule has 220 valence electrons. The molecule has 0 spiro atoms. The molecule has 42 heavy (non-hydrogen) atoms. The van der Waals surface area contributed by atoms with Crippen LogP contribution in [0.25, 0.3) is 5.82 Å². The lowest BCUT2D eigenvalue weighted by atomic mass is 10.0. The van der Waals surface area contributed by atoms with Crippen molar-refractivity contribution in [3.05, 3.63) is 77.5 Å². The zero-order valence-corrected chi connectivity index (χ0v) is 24.3. The summed E-state index contributed by atoms with van der Waals surface area (Å²) in [6.07, 6.45) is 2.96. The molecule has 0 bridgehead atoms. The maximum Gasteiger partial charge on any atom is 0.255 e. The number of ether oxygens (including phenoxy) is 1. The molecule has 4 aromatic rings. The number of aryl methyl sites for hydroxylation is 2. The number of alkyl halides is 1. The average molecular weight is 574 g/mol. The van der Waals surface area contributed by atoms with Crippen LogP contribution in [0.5, 0.6) is 0 Å². The molecule has 0 atom stereocenters. The number of amides is 1. The van der Waals surface area contributed by atoms with Crippen molar-refractivity contribution < 1.29 is 13.9 Å². The number of carbonyl (C=O) groups is 1. The summed E-state index contributed by atoms with van der Waals surface area (Å²) in [5, 5.41) is 14.4. The molecule has 11 nitrogen and oxygen atoms in total. The van der Waals surface area contributed by atoms with E-state index in [9.17, 15) is 9.18 Å². The van der Waals surface area contributed by atoms with Gasteiger partial charge in [0.1, 0.15) is 23.6 Å². The number of rotatable bonds is 10. The second kappa shape index (κ2) is 12.6. The maximum atomic E-state index is 14.4. The van der Waals surface area contributed by atoms with E-state index < -0.39 is 5.67 Å². The van der Waals surface area contributed by atoms with Gasteiger partial charge < -0.3 is 20.7 Å². The predicted octanol–water partition coefficient (Wildman–Crippen LogP) is 4.62. The number of hydrogen-bond donors (Lipinski definition) is 3. The second-order valence-electron chi connectivity index (χ2n) is 10.7. The van der Waals surface area contributed by atoms with Crippen molar-refractivity contribution in [3.63, 3.8) is 0 Å². The zero-order valence-electron chi connectivity index (χ0n) is 24.3. The highest BCUT2D eigenvalue weighted by molar-refractivity contribution is 6.04. The molecule has 4 heterocycles. The topological polar surface area (TPSA) is 122 Å². The van der Waals surface area contributed by atoms with Crippen LogP contribution in [0.2, 0.25) is 0 Å². The van der Waals surface area contributed by atoms with Gasteiger partial charge in [0.15, 0.2) is 5.82 Å². The van der Waals surface area contributed by atoms with Gasteiger partial charge in [-0.25, -0.2) is 14.4 Å². The van der Waals surface area contributed by atoms with Crippen LogP contribution >= 0.6 is 0 Å². The molecule has 3 N–H and O–H groups in total. The zero-order chi connectivity index (χ0) is 29.7. The molecule has 0 aliphatic carbocycles. The molecule has 1 saturated heterocycles. The smallest absolute Gasteiger partial charge is 0.255 e. The molecule has 0 saturated carbocycles. The number of nitrogens with zero attached hydrogens (tertiary/aromatic N) is 6. The first kappa shape index (κ1) is 29.1. The number of anilines is 4. The van der Waals surface area contributed by atoms with Gasteiger partial charge in [0.05, 0.1) is 24.6 Å². The fraction of sp³-hybridized carbons (Fsp3) is 0.367. The number of carbonyl (C=O) groups excluding carboxylic acids is 1. The van der Waals surface area contributed by atoms with Crippen molar-refractivity contribution in [2.45, 2.75) is 33.4 Å². The first-order chi connectivity index (χ1) is 20.2. The van der Waals surface area contributed by atoms with Gasteiger partial charge in [-0.3, -0.25) is 14.7 Å². The summed E-state index contributed by atoms with van der Waals surface area (Å²) in [7, 11) is 0. The largest absolute Gasteiger partial charge is 0.379 e. The molecule has 0 radical (unpaired) electrons. The third-order valence-electron chi connectivity index (χ3n) is 6.93. The first-order valence-electron chi connectivity index (χ1n) is 13.9. The van der Waals surface area contributed by atoms with Crippen molar-refractivity contribution in [2.75, 3.05) is 55.3 Å². The van der Waals surface area contributed by atoms with Crippen molar-refractivity contribution in [1.82, 2.24) is 29.6 Å². The van der Waals surface area contributed by atoms with Crippen molar-refractivity contribution in [2.24, 2.45) is 0 Å². The number of morpholine rings is 1. The van der Waals surface area contributed by atoms with Gasteiger partial charge >= 0.3 is 0 Å². The molecule has 1 amide bonds. The van der Waals surface area contributed by atoms with E-state index >= 15 is 0 Å². The number of aromatic nitrogens is 5. The van der Waals surface area contributed by atoms with Crippen molar-refractivity contribution in [3.8, 4) is 5.82 Å². The van der Waals surface area contributed by atoms with Gasteiger partial charge in [-0.2, -0.15) is 9.78 Å². The number of pyridine rings is 1. The Morgan fingerprint density at radius 1 is 1.05 bits per heavy atom. The van der Waals surface area contributed by atoms with Crippen LogP contribution in [0.3, 0.4) is 0 Å². The van der Waals surface area contributed by atoms with Crippen molar-refractivity contribution >= 4 is 28.9 Å². The van der Waals surface area contributed by atoms with Crippen LogP contribution in [-0.2, 0) is 10.4 Å². The maximum absolute atomic E-state index is 14.4. The molecule has 5 rings (SSSR count). The van der Waals surface area contributed by atoms with E-state index in [1.165, 1.54) is 32.4 Å². The standard InChI is InChI=1S/C30H36FN9O2/c1-20-5-6-23(36-29(41)22-7-8-32-25(16-22)30(3,4)31)17-24(20)37-28-15-21(2)38-40(28)27-18-26(34-19-35-27)33-9-10-39-11-13-42-14-12-39/h5-8,15-19,37H,9-14H2,1-4H3,(H,36,41)(H,33,34,35). The summed E-state index contributed by atoms with van der Waals surface area (Å²) in [6, 6.07) is 12.4. The third kappa shape index (κ3) is 7.25. The van der Waals surface area contributed by atoms with Crippen LogP contribution in [0, 0.1) is 13.8 Å². The Bertz CT molecular complexity index is 1540. The van der Waals surface area contributed by atoms with E-state index in [1.54, 1.807) is 10.7 Å². The van der Waals surface area contributed by atoms with E-state index in [2.05, 4.69) is 40.9 Å². The Labute approximate surface area is 244 Å². The van der Waals surface area contributed by atoms with E-state index in [4.69, 9.17) is 4.74 Å². The number of nitrogens with one attached hydrogen (secondary N) is 3. The quantitative estimate of drug-likeness (QED) is 0.249. The number of benzene rings is 1. The molecule has 1 aromatic carbocycles. The minimum absolute atomic E-state index is 0.199. The summed E-state index contributed by atoms with van der Waals surface area (Å²) < 4.78 is 21.5. The van der Waals surface area contributed by atoms with E-state index in [1.807, 2.05) is 44.2 Å². The summed E-state index contributed by atoms with van der Waals surface area (Å²) >= 11 is 0. The highest BCUT2D eigenvalue weighted by Crippen LogP contribution is 2.27. The fourth-order valence-electron chi connectivity index (χ4n) is 4.56. The van der Waals surface area contributed by atoms with Crippen molar-refractivity contribution in [1.29, 1.82) is 0 Å². The second-order valence-corrected chi connectivity index (χ2v) is 10.7. The Hall–Kier alpha value is -4.42. The van der Waals surface area contributed by atoms with Gasteiger partial charge in [0.25, 0.3) is 5.91 Å². The molecule has 0 unspecified atom stereocenters. The Morgan fingerprint density at radius 2 is 1.86 bits per heavy atom. The monoisotopic (exact) mass is 573 g/mol. The highest BCUT2D eigenvalue weighted by Gasteiger charge is 2.22. The van der Waals surface area contributed by atoms with Crippen LogP contribution < -0.4 is 16.0 Å². The van der Waals surface area contributed by atoms with Crippen LogP contribution in [-0.4, -0.2) is 74.9 Å². The molecular formula is C30H36FN9O2. The van der Waals surface area contributed by atoms with Crippen LogP contribution in [0.4, 0.5) is 27.4 Å². The van der Waals surface area contributed by atoms with Crippen LogP contribution in [0.15, 0.2) is 55.0 Å². The molecule has 3 aromatic heterocycles. The summed E-state index contributed by atoms with van der Waals surface area (Å²) in [5.74, 6) is 1.68. The van der Waals surface area contributed by atoms with Gasteiger partial charge in [-0.1, -0.05) is 6.07 Å². The molecule has 1 aliphatic rings. The highest BCUT2D eigenvalue weighted by atomic mass is 19.1. The summed E-state index contributed by atoms with van der Waals surface area (Å²) in [4.78, 5) is 28.2. The lowest BCUT2D eigenvalue weighted by Gasteiger charge is -2.26. The Balaban J connectivity index is 1.30. The molecule has 12 heteroatoms. The summed E-state index contributed by atoms with van der Waals surface area (Å²) in [6.45, 7) is 11.8. The fourth-order valence-corrected chi connectivity index (χ4v) is 4.56. The summed E-state index contributed by atoms with van der Waals surface area (Å²) in [5.41, 5.74) is 2.02. The molecular weight excluding hydrogens is 537 g/mol. The normalized spacial score (nSPS) is 14.0. The lowest BCUT2D eigenvalue weighted by molar-refractivity contribution is 0.0398. The lowest BCUT2D eigenvalue weighted by Crippen LogP contribution is -2.39.